The van der Waals surface area contributed by atoms with E-state index in [9.17, 15) is 22.0 Å². The predicted molar refractivity (Wildman–Crippen MR) is 146 cm³/mol. The largest absolute Gasteiger partial charge is 0.442 e. The molecule has 0 aliphatic carbocycles. The van der Waals surface area contributed by atoms with Crippen molar-refractivity contribution in [3.8, 4) is 0 Å². The minimum absolute atomic E-state index is 0.0390. The Kier molecular flexibility index (Phi) is 10.7. The van der Waals surface area contributed by atoms with E-state index in [1.54, 1.807) is 37.3 Å². The van der Waals surface area contributed by atoms with Crippen LogP contribution in [0.15, 0.2) is 71.9 Å². The first kappa shape index (κ1) is 31.1. The number of carbonyl (C=O) groups is 1. The molecule has 0 aliphatic heterocycles. The van der Waals surface area contributed by atoms with Gasteiger partial charge in [0, 0.05) is 19.7 Å². The van der Waals surface area contributed by atoms with Gasteiger partial charge in [-0.15, -0.1) is 0 Å². The number of anilines is 1. The lowest BCUT2D eigenvalue weighted by atomic mass is 9.81. The molecule has 1 unspecified atom stereocenters. The van der Waals surface area contributed by atoms with Crippen molar-refractivity contribution < 1.29 is 31.5 Å². The van der Waals surface area contributed by atoms with Crippen LogP contribution in [0.3, 0.4) is 0 Å². The van der Waals surface area contributed by atoms with Crippen molar-refractivity contribution in [1.82, 2.24) is 14.3 Å². The molecule has 2 aromatic heterocycles. The molecule has 1 N–H and O–H groups in total. The molecule has 12 heteroatoms. The lowest BCUT2D eigenvalue weighted by Crippen LogP contribution is -2.31. The predicted octanol–water partition coefficient (Wildman–Crippen LogP) is 5.10. The average molecular weight is 577 g/mol. The van der Waals surface area contributed by atoms with Gasteiger partial charge in [-0.1, -0.05) is 50.2 Å². The van der Waals surface area contributed by atoms with Gasteiger partial charge in [-0.05, 0) is 54.2 Å². The molecular weight excluding hydrogens is 542 g/mol. The van der Waals surface area contributed by atoms with Crippen LogP contribution in [0.2, 0.25) is 0 Å². The third kappa shape index (κ3) is 9.04. The highest BCUT2D eigenvalue weighted by molar-refractivity contribution is 7.89. The van der Waals surface area contributed by atoms with Crippen molar-refractivity contribution in [2.75, 3.05) is 11.9 Å². The SMILES string of the molecule is CC(=O)OC(C)Nc1cccc(CN(Cc2ccc(C(C)(C)CCOC(F)F)cc2)S(=O)(=O)c2ccccn2)n1. The van der Waals surface area contributed by atoms with Crippen LogP contribution in [-0.2, 0) is 42.8 Å². The van der Waals surface area contributed by atoms with E-state index in [2.05, 4.69) is 20.0 Å². The summed E-state index contributed by atoms with van der Waals surface area (Å²) in [5.41, 5.74) is 1.68. The van der Waals surface area contributed by atoms with E-state index < -0.39 is 34.2 Å². The number of halogens is 2. The number of carbonyl (C=O) groups excluding carboxylic acids is 1. The van der Waals surface area contributed by atoms with E-state index in [1.807, 2.05) is 38.1 Å². The van der Waals surface area contributed by atoms with Gasteiger partial charge < -0.3 is 14.8 Å². The van der Waals surface area contributed by atoms with Crippen LogP contribution in [0.25, 0.3) is 0 Å². The third-order valence-electron chi connectivity index (χ3n) is 6.15. The number of sulfonamides is 1. The van der Waals surface area contributed by atoms with Gasteiger partial charge in [0.2, 0.25) is 0 Å². The summed E-state index contributed by atoms with van der Waals surface area (Å²) in [5.74, 6) is -0.0245. The average Bonchev–Trinajstić information content (AvgIpc) is 2.88. The smallest absolute Gasteiger partial charge is 0.345 e. The summed E-state index contributed by atoms with van der Waals surface area (Å²) < 4.78 is 62.8. The quantitative estimate of drug-likeness (QED) is 0.209. The van der Waals surface area contributed by atoms with Crippen LogP contribution in [0.4, 0.5) is 14.6 Å². The summed E-state index contributed by atoms with van der Waals surface area (Å²) in [5, 5.41) is 2.87. The number of pyridine rings is 2. The Balaban J connectivity index is 1.84. The van der Waals surface area contributed by atoms with Crippen molar-refractivity contribution in [2.45, 2.75) is 70.5 Å². The fourth-order valence-electron chi connectivity index (χ4n) is 3.99. The Morgan fingerprint density at radius 2 is 1.77 bits per heavy atom. The fourth-order valence-corrected chi connectivity index (χ4v) is 5.32. The minimum atomic E-state index is -4.00. The van der Waals surface area contributed by atoms with E-state index in [0.717, 1.165) is 11.1 Å². The van der Waals surface area contributed by atoms with Crippen LogP contribution in [0, 0.1) is 0 Å². The lowest BCUT2D eigenvalue weighted by Gasteiger charge is -2.26. The number of hydrogen-bond acceptors (Lipinski definition) is 8. The molecule has 3 aromatic rings. The number of ether oxygens (including phenoxy) is 2. The van der Waals surface area contributed by atoms with E-state index in [-0.39, 0.29) is 24.7 Å². The highest BCUT2D eigenvalue weighted by atomic mass is 32.2. The van der Waals surface area contributed by atoms with Crippen LogP contribution >= 0.6 is 0 Å². The molecule has 40 heavy (non-hydrogen) atoms. The molecule has 1 atom stereocenters. The van der Waals surface area contributed by atoms with E-state index in [1.165, 1.54) is 23.5 Å². The van der Waals surface area contributed by atoms with Gasteiger partial charge in [0.05, 0.1) is 18.8 Å². The number of benzene rings is 1. The van der Waals surface area contributed by atoms with E-state index in [4.69, 9.17) is 4.74 Å². The first-order valence-electron chi connectivity index (χ1n) is 12.7. The normalized spacial score (nSPS) is 12.9. The Hall–Kier alpha value is -3.48. The first-order chi connectivity index (χ1) is 18.9. The molecule has 0 radical (unpaired) electrons. The number of nitrogens with zero attached hydrogens (tertiary/aromatic N) is 3. The topological polar surface area (TPSA) is 111 Å². The Morgan fingerprint density at radius 1 is 1.05 bits per heavy atom. The highest BCUT2D eigenvalue weighted by Gasteiger charge is 2.27. The van der Waals surface area contributed by atoms with Crippen LogP contribution in [-0.4, -0.2) is 48.1 Å². The number of hydrogen-bond donors (Lipinski definition) is 1. The first-order valence-corrected chi connectivity index (χ1v) is 14.1. The molecule has 0 spiro atoms. The van der Waals surface area contributed by atoms with Crippen molar-refractivity contribution in [1.29, 1.82) is 0 Å². The standard InChI is InChI=1S/C28H34F2N4O5S/c1-20(39-21(2)35)32-25-9-7-8-24(33-25)19-34(40(36,37)26-10-5-6-16-31-26)18-22-11-13-23(14-12-22)28(3,4)15-17-38-27(29)30/h5-14,16,20,27H,15,17-19H2,1-4H3,(H,32,33). The van der Waals surface area contributed by atoms with Gasteiger partial charge in [0.25, 0.3) is 10.0 Å². The Morgan fingerprint density at radius 3 is 2.40 bits per heavy atom. The lowest BCUT2D eigenvalue weighted by molar-refractivity contribution is -0.144. The van der Waals surface area contributed by atoms with Crippen molar-refractivity contribution in [2.24, 2.45) is 0 Å². The summed E-state index contributed by atoms with van der Waals surface area (Å²) in [6.45, 7) is 3.93. The van der Waals surface area contributed by atoms with Gasteiger partial charge in [-0.25, -0.2) is 18.4 Å². The molecule has 3 rings (SSSR count). The number of rotatable bonds is 14. The van der Waals surface area contributed by atoms with E-state index >= 15 is 0 Å². The maximum atomic E-state index is 13.6. The summed E-state index contributed by atoms with van der Waals surface area (Å²) in [6, 6.07) is 17.2. The summed E-state index contributed by atoms with van der Waals surface area (Å²) in [6.07, 6.45) is 1.18. The Labute approximate surface area is 233 Å². The number of aromatic nitrogens is 2. The van der Waals surface area contributed by atoms with Crippen molar-refractivity contribution in [3.05, 3.63) is 83.7 Å². The monoisotopic (exact) mass is 576 g/mol. The molecule has 0 saturated heterocycles. The molecule has 0 aliphatic rings. The van der Waals surface area contributed by atoms with Gasteiger partial charge >= 0.3 is 12.6 Å². The zero-order valence-corrected chi connectivity index (χ0v) is 23.7. The maximum absolute atomic E-state index is 13.6. The number of alkyl halides is 2. The summed E-state index contributed by atoms with van der Waals surface area (Å²) in [7, 11) is -4.00. The summed E-state index contributed by atoms with van der Waals surface area (Å²) >= 11 is 0. The van der Waals surface area contributed by atoms with Gasteiger partial charge in [0.1, 0.15) is 5.82 Å². The van der Waals surface area contributed by atoms with Crippen molar-refractivity contribution in [3.63, 3.8) is 0 Å². The number of esters is 1. The molecular formula is C28H34F2N4O5S. The molecule has 0 bridgehead atoms. The van der Waals surface area contributed by atoms with Crippen LogP contribution in [0.1, 0.15) is 50.9 Å². The second kappa shape index (κ2) is 13.7. The van der Waals surface area contributed by atoms with Gasteiger partial charge in [-0.2, -0.15) is 13.1 Å². The van der Waals surface area contributed by atoms with Crippen LogP contribution < -0.4 is 5.32 Å². The fraction of sp³-hybridized carbons (Fsp3) is 0.393. The molecule has 0 fully saturated rings. The minimum Gasteiger partial charge on any atom is -0.442 e. The number of nitrogens with one attached hydrogen (secondary N) is 1. The highest BCUT2D eigenvalue weighted by Crippen LogP contribution is 2.28. The van der Waals surface area contributed by atoms with Gasteiger partial charge in [0.15, 0.2) is 11.3 Å². The second-order valence-corrected chi connectivity index (χ2v) is 11.7. The zero-order chi connectivity index (χ0) is 29.3. The molecule has 1 aromatic carbocycles. The van der Waals surface area contributed by atoms with Gasteiger partial charge in [-0.3, -0.25) is 4.79 Å². The third-order valence-corrected chi connectivity index (χ3v) is 7.85. The van der Waals surface area contributed by atoms with E-state index in [0.29, 0.717) is 17.9 Å². The molecule has 216 valence electrons. The summed E-state index contributed by atoms with van der Waals surface area (Å²) in [4.78, 5) is 19.8. The molecule has 0 saturated carbocycles. The molecule has 2 heterocycles. The maximum Gasteiger partial charge on any atom is 0.345 e. The van der Waals surface area contributed by atoms with Crippen molar-refractivity contribution >= 4 is 21.8 Å². The molecule has 0 amide bonds. The zero-order valence-electron chi connectivity index (χ0n) is 22.9. The molecule has 9 nitrogen and oxygen atoms in total. The second-order valence-electron chi connectivity index (χ2n) is 9.81. The Bertz CT molecular complexity index is 1360. The van der Waals surface area contributed by atoms with Crippen LogP contribution in [0.5, 0.6) is 0 Å².